The minimum atomic E-state index is -0.493. The molecule has 0 spiro atoms. The van der Waals surface area contributed by atoms with Crippen molar-refractivity contribution in [2.24, 2.45) is 10.1 Å². The Bertz CT molecular complexity index is 1130. The largest absolute Gasteiger partial charge is 0.465 e. The fourth-order valence-electron chi connectivity index (χ4n) is 2.96. The fraction of sp³-hybridized carbons (Fsp3) is 0.190. The third kappa shape index (κ3) is 3.71. The molecule has 3 heterocycles. The maximum Gasteiger partial charge on any atom is 0.337 e. The number of rotatable bonds is 5. The Morgan fingerprint density at radius 3 is 2.73 bits per heavy atom. The Labute approximate surface area is 176 Å². The topological polar surface area (TPSA) is 108 Å². The summed E-state index contributed by atoms with van der Waals surface area (Å²) in [6, 6.07) is 10.3. The van der Waals surface area contributed by atoms with Crippen LogP contribution >= 0.6 is 11.8 Å². The minimum absolute atomic E-state index is 0.0241. The van der Waals surface area contributed by atoms with Gasteiger partial charge in [-0.15, -0.1) is 0 Å². The van der Waals surface area contributed by atoms with Gasteiger partial charge in [-0.2, -0.15) is 15.1 Å². The zero-order valence-electron chi connectivity index (χ0n) is 16.3. The average molecular weight is 422 g/mol. The molecule has 1 amide bonds. The van der Waals surface area contributed by atoms with Crippen LogP contribution in [0.3, 0.4) is 0 Å². The van der Waals surface area contributed by atoms with Gasteiger partial charge >= 0.3 is 5.97 Å². The number of fused-ring (bicyclic) bond motifs is 1. The number of amides is 1. The van der Waals surface area contributed by atoms with Crippen molar-refractivity contribution in [2.45, 2.75) is 19.8 Å². The third-order valence-corrected chi connectivity index (χ3v) is 5.43. The molecular weight excluding hydrogens is 404 g/mol. The van der Waals surface area contributed by atoms with Gasteiger partial charge in [-0.25, -0.2) is 4.79 Å². The van der Waals surface area contributed by atoms with Gasteiger partial charge in [0.1, 0.15) is 16.6 Å². The van der Waals surface area contributed by atoms with Crippen molar-refractivity contribution in [1.29, 1.82) is 5.41 Å². The Hall–Kier alpha value is -3.46. The number of amidine groups is 2. The molecule has 4 rings (SSSR count). The Morgan fingerprint density at radius 2 is 2.03 bits per heavy atom. The molecule has 152 valence electrons. The van der Waals surface area contributed by atoms with Crippen LogP contribution in [0.4, 0.5) is 0 Å². The Morgan fingerprint density at radius 1 is 1.27 bits per heavy atom. The van der Waals surface area contributed by atoms with Crippen LogP contribution in [0.5, 0.6) is 0 Å². The van der Waals surface area contributed by atoms with Crippen molar-refractivity contribution in [3.63, 3.8) is 0 Å². The summed E-state index contributed by atoms with van der Waals surface area (Å²) in [4.78, 5) is 28.1. The molecule has 1 N–H and O–H groups in total. The highest BCUT2D eigenvalue weighted by Gasteiger charge is 2.35. The van der Waals surface area contributed by atoms with E-state index in [9.17, 15) is 9.59 Å². The molecular formula is C21H18N4O4S. The van der Waals surface area contributed by atoms with E-state index in [2.05, 4.69) is 10.1 Å². The lowest BCUT2D eigenvalue weighted by molar-refractivity contribution is -0.114. The highest BCUT2D eigenvalue weighted by Crippen LogP contribution is 2.30. The van der Waals surface area contributed by atoms with E-state index in [1.807, 2.05) is 6.92 Å². The van der Waals surface area contributed by atoms with Crippen molar-refractivity contribution < 1.29 is 18.7 Å². The van der Waals surface area contributed by atoms with Crippen molar-refractivity contribution >= 4 is 45.8 Å². The van der Waals surface area contributed by atoms with Crippen LogP contribution in [-0.4, -0.2) is 40.0 Å². The molecule has 0 bridgehead atoms. The summed E-state index contributed by atoms with van der Waals surface area (Å²) in [5.74, 6) is 0.0530. The summed E-state index contributed by atoms with van der Waals surface area (Å²) in [6.45, 7) is 2.04. The predicted octanol–water partition coefficient (Wildman–Crippen LogP) is 4.15. The zero-order valence-corrected chi connectivity index (χ0v) is 17.2. The first-order valence-corrected chi connectivity index (χ1v) is 10.1. The Kier molecular flexibility index (Phi) is 5.37. The van der Waals surface area contributed by atoms with Crippen LogP contribution in [-0.2, 0) is 9.53 Å². The van der Waals surface area contributed by atoms with E-state index < -0.39 is 11.9 Å². The van der Waals surface area contributed by atoms with Crippen molar-refractivity contribution in [3.05, 3.63) is 53.3 Å². The van der Waals surface area contributed by atoms with Crippen LogP contribution in [0.25, 0.3) is 17.4 Å². The number of nitrogens with zero attached hydrogens (tertiary/aromatic N) is 3. The third-order valence-electron chi connectivity index (χ3n) is 4.46. The van der Waals surface area contributed by atoms with Gasteiger partial charge in [0.05, 0.1) is 18.2 Å². The molecule has 0 unspecified atom stereocenters. The summed E-state index contributed by atoms with van der Waals surface area (Å²) < 4.78 is 10.5. The smallest absolute Gasteiger partial charge is 0.337 e. The van der Waals surface area contributed by atoms with E-state index in [0.29, 0.717) is 22.3 Å². The highest BCUT2D eigenvalue weighted by atomic mass is 32.2. The summed E-state index contributed by atoms with van der Waals surface area (Å²) >= 11 is 1.32. The van der Waals surface area contributed by atoms with Gasteiger partial charge in [0.2, 0.25) is 5.17 Å². The normalized spacial score (nSPS) is 17.1. The number of ether oxygens (including phenoxy) is 1. The number of aliphatic imine (C=N–C) groups is 1. The number of methoxy groups -OCH3 is 1. The molecule has 1 aromatic carbocycles. The van der Waals surface area contributed by atoms with Crippen LogP contribution in [0.1, 0.15) is 35.9 Å². The molecule has 0 fully saturated rings. The van der Waals surface area contributed by atoms with Gasteiger partial charge in [-0.05, 0) is 54.9 Å². The molecule has 2 aliphatic rings. The number of esters is 1. The lowest BCUT2D eigenvalue weighted by Gasteiger charge is -2.19. The van der Waals surface area contributed by atoms with Crippen molar-refractivity contribution in [1.82, 2.24) is 5.01 Å². The predicted molar refractivity (Wildman–Crippen MR) is 115 cm³/mol. The standard InChI is InChI=1S/C21H18N4O4S/c1-3-4-17-24-25-18(22)15(19(26)23-21(25)30-17)11-14-9-10-16(29-14)12-5-7-13(8-6-12)20(27)28-2/h5-11,22H,3-4H2,1-2H3. The van der Waals surface area contributed by atoms with Gasteiger partial charge in [0.25, 0.3) is 5.91 Å². The lowest BCUT2D eigenvalue weighted by atomic mass is 10.1. The summed E-state index contributed by atoms with van der Waals surface area (Å²) in [6.07, 6.45) is 3.19. The number of hydrogen-bond acceptors (Lipinski definition) is 7. The number of thioether (sulfide) groups is 1. The molecule has 0 radical (unpaired) electrons. The van der Waals surface area contributed by atoms with Gasteiger partial charge in [0.15, 0.2) is 5.84 Å². The van der Waals surface area contributed by atoms with E-state index in [1.165, 1.54) is 30.0 Å². The van der Waals surface area contributed by atoms with Crippen LogP contribution in [0.2, 0.25) is 0 Å². The van der Waals surface area contributed by atoms with E-state index in [0.717, 1.165) is 23.4 Å². The molecule has 1 aromatic heterocycles. The monoisotopic (exact) mass is 422 g/mol. The second-order valence-electron chi connectivity index (χ2n) is 6.53. The molecule has 9 heteroatoms. The molecule has 0 saturated carbocycles. The van der Waals surface area contributed by atoms with E-state index in [-0.39, 0.29) is 11.4 Å². The zero-order chi connectivity index (χ0) is 21.3. The van der Waals surface area contributed by atoms with Crippen LogP contribution in [0, 0.1) is 5.41 Å². The second kappa shape index (κ2) is 8.11. The van der Waals surface area contributed by atoms with Gasteiger partial charge < -0.3 is 9.15 Å². The number of carbonyl (C=O) groups excluding carboxylic acids is 2. The van der Waals surface area contributed by atoms with Gasteiger partial charge in [0, 0.05) is 5.56 Å². The molecule has 2 aromatic rings. The summed E-state index contributed by atoms with van der Waals surface area (Å²) in [5.41, 5.74) is 1.32. The average Bonchev–Trinajstić information content (AvgIpc) is 3.38. The number of carbonyl (C=O) groups is 2. The molecule has 8 nitrogen and oxygen atoms in total. The number of nitrogens with one attached hydrogen (secondary N) is 1. The Balaban J connectivity index is 1.58. The number of hydrogen-bond donors (Lipinski definition) is 1. The van der Waals surface area contributed by atoms with Gasteiger partial charge in [-0.1, -0.05) is 19.1 Å². The summed E-state index contributed by atoms with van der Waals surface area (Å²) in [5, 5.41) is 15.4. The first kappa shape index (κ1) is 19.8. The molecule has 0 saturated heterocycles. The van der Waals surface area contributed by atoms with Crippen molar-refractivity contribution in [2.75, 3.05) is 7.11 Å². The maximum absolute atomic E-state index is 12.4. The fourth-order valence-corrected chi connectivity index (χ4v) is 3.95. The number of furan rings is 1. The number of hydrazone groups is 1. The van der Waals surface area contributed by atoms with Crippen LogP contribution in [0.15, 0.2) is 56.5 Å². The maximum atomic E-state index is 12.4. The molecule has 2 aliphatic heterocycles. The first-order chi connectivity index (χ1) is 14.5. The lowest BCUT2D eigenvalue weighted by Crippen LogP contribution is -2.35. The van der Waals surface area contributed by atoms with E-state index in [1.54, 1.807) is 36.4 Å². The highest BCUT2D eigenvalue weighted by molar-refractivity contribution is 8.26. The SMILES string of the molecule is CCCC1=NN2C(=N)C(=Cc3ccc(-c4ccc(C(=O)OC)cc4)o3)C(=O)N=C2S1. The van der Waals surface area contributed by atoms with E-state index in [4.69, 9.17) is 14.6 Å². The van der Waals surface area contributed by atoms with E-state index >= 15 is 0 Å². The molecule has 0 atom stereocenters. The quantitative estimate of drug-likeness (QED) is 0.573. The van der Waals surface area contributed by atoms with Crippen molar-refractivity contribution in [3.8, 4) is 11.3 Å². The molecule has 0 aliphatic carbocycles. The summed E-state index contributed by atoms with van der Waals surface area (Å²) in [7, 11) is 1.33. The van der Waals surface area contributed by atoms with Crippen LogP contribution < -0.4 is 0 Å². The minimum Gasteiger partial charge on any atom is -0.465 e. The first-order valence-electron chi connectivity index (χ1n) is 9.28. The second-order valence-corrected chi connectivity index (χ2v) is 7.58. The molecule has 30 heavy (non-hydrogen) atoms. The van der Waals surface area contributed by atoms with Gasteiger partial charge in [-0.3, -0.25) is 10.2 Å². The number of benzene rings is 1.